The Morgan fingerprint density at radius 2 is 1.66 bits per heavy atom. The van der Waals surface area contributed by atoms with E-state index in [4.69, 9.17) is 0 Å². The van der Waals surface area contributed by atoms with Gasteiger partial charge < -0.3 is 4.98 Å². The van der Waals surface area contributed by atoms with Crippen molar-refractivity contribution in [2.24, 2.45) is 0 Å². The number of para-hydroxylation sites is 2. The molecule has 0 saturated heterocycles. The van der Waals surface area contributed by atoms with Crippen LogP contribution in [0.4, 0.5) is 0 Å². The van der Waals surface area contributed by atoms with Gasteiger partial charge in [-0.1, -0.05) is 53.7 Å². The van der Waals surface area contributed by atoms with Crippen molar-refractivity contribution < 1.29 is 0 Å². The van der Waals surface area contributed by atoms with E-state index >= 15 is 0 Å². The summed E-state index contributed by atoms with van der Waals surface area (Å²) in [4.78, 5) is 33.6. The highest BCUT2D eigenvalue weighted by Crippen LogP contribution is 2.25. The van der Waals surface area contributed by atoms with E-state index in [1.807, 2.05) is 72.8 Å². The zero-order valence-corrected chi connectivity index (χ0v) is 19.8. The average molecular weight is 481 g/mol. The predicted molar refractivity (Wildman–Crippen MR) is 137 cm³/mol. The van der Waals surface area contributed by atoms with Crippen LogP contribution in [-0.4, -0.2) is 29.1 Å². The Labute approximate surface area is 203 Å². The van der Waals surface area contributed by atoms with Gasteiger partial charge >= 0.3 is 0 Å². The van der Waals surface area contributed by atoms with Crippen molar-refractivity contribution >= 4 is 39.3 Å². The molecule has 0 spiro atoms. The normalized spacial score (nSPS) is 11.6. The second kappa shape index (κ2) is 8.21. The number of hydrogen-bond donors (Lipinski definition) is 1. The maximum atomic E-state index is 13.4. The third-order valence-electron chi connectivity index (χ3n) is 6.01. The number of aromatic amines is 1. The molecule has 0 atom stereocenters. The van der Waals surface area contributed by atoms with Gasteiger partial charge in [-0.3, -0.25) is 14.0 Å². The van der Waals surface area contributed by atoms with E-state index < -0.39 is 0 Å². The van der Waals surface area contributed by atoms with E-state index in [0.29, 0.717) is 38.8 Å². The van der Waals surface area contributed by atoms with E-state index in [1.54, 1.807) is 16.7 Å². The molecule has 0 unspecified atom stereocenters. The molecule has 0 amide bonds. The van der Waals surface area contributed by atoms with Crippen LogP contribution in [0.3, 0.4) is 0 Å². The lowest BCUT2D eigenvalue weighted by atomic mass is 10.1. The summed E-state index contributed by atoms with van der Waals surface area (Å²) in [6.45, 7) is 3.94. The highest BCUT2D eigenvalue weighted by molar-refractivity contribution is 7.98. The van der Waals surface area contributed by atoms with Gasteiger partial charge in [0.05, 0.1) is 33.2 Å². The Morgan fingerprint density at radius 3 is 2.49 bits per heavy atom. The van der Waals surface area contributed by atoms with E-state index in [-0.39, 0.29) is 11.1 Å². The van der Waals surface area contributed by atoms with Crippen LogP contribution in [0.5, 0.6) is 0 Å². The lowest BCUT2D eigenvalue weighted by molar-refractivity contribution is 0.926. The Balaban J connectivity index is 1.50. The number of aryl methyl sites for hydroxylation is 2. The van der Waals surface area contributed by atoms with Crippen molar-refractivity contribution in [1.82, 2.24) is 29.1 Å². The highest BCUT2D eigenvalue weighted by atomic mass is 32.2. The molecule has 6 rings (SSSR count). The number of benzene rings is 3. The molecule has 1 N–H and O–H groups in total. The number of fused-ring (bicyclic) bond motifs is 4. The largest absolute Gasteiger partial charge is 0.309 e. The average Bonchev–Trinajstić information content (AvgIpc) is 3.28. The third-order valence-corrected chi connectivity index (χ3v) is 6.95. The van der Waals surface area contributed by atoms with E-state index in [1.165, 1.54) is 11.8 Å². The van der Waals surface area contributed by atoms with Crippen molar-refractivity contribution in [2.75, 3.05) is 0 Å². The summed E-state index contributed by atoms with van der Waals surface area (Å²) in [5, 5.41) is 10.5. The van der Waals surface area contributed by atoms with Gasteiger partial charge in [-0.05, 0) is 49.7 Å². The molecule has 6 aromatic rings. The fraction of sp³-hybridized carbons (Fsp3) is 0.115. The molecule has 3 heterocycles. The second-order valence-electron chi connectivity index (χ2n) is 8.38. The highest BCUT2D eigenvalue weighted by Gasteiger charge is 2.18. The molecule has 172 valence electrons. The van der Waals surface area contributed by atoms with Crippen LogP contribution in [-0.2, 0) is 5.75 Å². The van der Waals surface area contributed by atoms with Gasteiger partial charge in [0.1, 0.15) is 5.82 Å². The number of hydrogen-bond acceptors (Lipinski definition) is 6. The summed E-state index contributed by atoms with van der Waals surface area (Å²) in [5.74, 6) is 1.36. The molecule has 0 fully saturated rings. The number of thioether (sulfide) groups is 1. The van der Waals surface area contributed by atoms with E-state index in [9.17, 15) is 9.59 Å². The summed E-state index contributed by atoms with van der Waals surface area (Å²) in [5.41, 5.74) is 3.85. The molecule has 0 aliphatic heterocycles. The van der Waals surface area contributed by atoms with Gasteiger partial charge in [-0.2, -0.15) is 0 Å². The van der Waals surface area contributed by atoms with Gasteiger partial charge in [0.15, 0.2) is 5.16 Å². The zero-order valence-electron chi connectivity index (χ0n) is 19.0. The first-order chi connectivity index (χ1) is 17.0. The monoisotopic (exact) mass is 480 g/mol. The van der Waals surface area contributed by atoms with Crippen molar-refractivity contribution in [3.05, 3.63) is 104 Å². The smallest absolute Gasteiger partial charge is 0.267 e. The summed E-state index contributed by atoms with van der Waals surface area (Å²) in [6, 6.07) is 20.7. The van der Waals surface area contributed by atoms with Gasteiger partial charge in [0.2, 0.25) is 5.78 Å². The number of aromatic nitrogens is 6. The quantitative estimate of drug-likeness (QED) is 0.380. The lowest BCUT2D eigenvalue weighted by Crippen LogP contribution is -2.21. The standard InChI is InChI=1S/C26H20N6O2S/c1-15-10-12-17(13-11-15)31-24(34)18-7-3-4-9-20(18)32-25(31)29-30-26(32)35-14-21-27-22-16(2)6-5-8-19(22)23(33)28-21/h3-13H,14H2,1-2H3,(H,27,28,33). The van der Waals surface area contributed by atoms with E-state index in [2.05, 4.69) is 20.2 Å². The van der Waals surface area contributed by atoms with Gasteiger partial charge in [-0.25, -0.2) is 9.55 Å². The third kappa shape index (κ3) is 3.52. The number of nitrogens with one attached hydrogen (secondary N) is 1. The summed E-state index contributed by atoms with van der Waals surface area (Å²) >= 11 is 1.40. The zero-order chi connectivity index (χ0) is 24.1. The molecule has 0 radical (unpaired) electrons. The molecule has 8 nitrogen and oxygen atoms in total. The molecular weight excluding hydrogens is 460 g/mol. The van der Waals surface area contributed by atoms with Gasteiger partial charge in [0.25, 0.3) is 11.1 Å². The van der Waals surface area contributed by atoms with E-state index in [0.717, 1.165) is 22.3 Å². The number of nitrogens with zero attached hydrogens (tertiary/aromatic N) is 5. The van der Waals surface area contributed by atoms with Crippen LogP contribution < -0.4 is 11.1 Å². The van der Waals surface area contributed by atoms with Crippen LogP contribution in [0.25, 0.3) is 33.3 Å². The first kappa shape index (κ1) is 21.3. The first-order valence-electron chi connectivity index (χ1n) is 11.1. The maximum Gasteiger partial charge on any atom is 0.267 e. The summed E-state index contributed by atoms with van der Waals surface area (Å²) < 4.78 is 3.46. The molecule has 3 aromatic carbocycles. The van der Waals surface area contributed by atoms with Crippen LogP contribution in [0.2, 0.25) is 0 Å². The SMILES string of the molecule is Cc1ccc(-n2c(=O)c3ccccc3n3c(SCc4nc5c(C)cccc5c(=O)[nH]4)nnc23)cc1. The Kier molecular flexibility index (Phi) is 5.00. The summed E-state index contributed by atoms with van der Waals surface area (Å²) in [6.07, 6.45) is 0. The minimum absolute atomic E-state index is 0.156. The molecule has 35 heavy (non-hydrogen) atoms. The fourth-order valence-electron chi connectivity index (χ4n) is 4.25. The Hall–Kier alpha value is -4.24. The van der Waals surface area contributed by atoms with Crippen LogP contribution in [0.1, 0.15) is 17.0 Å². The van der Waals surface area contributed by atoms with Gasteiger partial charge in [-0.15, -0.1) is 10.2 Å². The molecule has 0 bridgehead atoms. The predicted octanol–water partition coefficient (Wildman–Crippen LogP) is 4.18. The Morgan fingerprint density at radius 1 is 0.886 bits per heavy atom. The van der Waals surface area contributed by atoms with Crippen LogP contribution >= 0.6 is 11.8 Å². The number of H-pyrrole nitrogens is 1. The molecule has 0 aliphatic carbocycles. The first-order valence-corrected chi connectivity index (χ1v) is 12.1. The fourth-order valence-corrected chi connectivity index (χ4v) is 5.06. The van der Waals surface area contributed by atoms with Crippen LogP contribution in [0.15, 0.2) is 81.5 Å². The van der Waals surface area contributed by atoms with Crippen molar-refractivity contribution in [2.45, 2.75) is 24.8 Å². The van der Waals surface area contributed by atoms with Crippen LogP contribution in [0, 0.1) is 13.8 Å². The molecule has 9 heteroatoms. The topological polar surface area (TPSA) is 97.9 Å². The number of rotatable bonds is 4. The van der Waals surface area contributed by atoms with Gasteiger partial charge in [0, 0.05) is 0 Å². The minimum atomic E-state index is -0.168. The minimum Gasteiger partial charge on any atom is -0.309 e. The van der Waals surface area contributed by atoms with Crippen molar-refractivity contribution in [1.29, 1.82) is 0 Å². The van der Waals surface area contributed by atoms with Crippen molar-refractivity contribution in [3.63, 3.8) is 0 Å². The molecular formula is C26H20N6O2S. The molecule has 3 aromatic heterocycles. The van der Waals surface area contributed by atoms with Crippen molar-refractivity contribution in [3.8, 4) is 5.69 Å². The molecule has 0 saturated carbocycles. The second-order valence-corrected chi connectivity index (χ2v) is 9.33. The molecule has 0 aliphatic rings. The Bertz CT molecular complexity index is 1870. The lowest BCUT2D eigenvalue weighted by Gasteiger charge is -2.11. The summed E-state index contributed by atoms with van der Waals surface area (Å²) in [7, 11) is 0. The maximum absolute atomic E-state index is 13.4.